The Bertz CT molecular complexity index is 1140. The number of fused-ring (bicyclic) bond motifs is 1. The average Bonchev–Trinajstić information content (AvgIpc) is 3.05. The number of benzene rings is 2. The Balaban J connectivity index is 1.52. The van der Waals surface area contributed by atoms with Gasteiger partial charge in [0.1, 0.15) is 23.4 Å². The molecule has 0 aromatic heterocycles. The maximum Gasteiger partial charge on any atom is 0.265 e. The molecule has 2 aliphatic heterocycles. The van der Waals surface area contributed by atoms with E-state index in [2.05, 4.69) is 18.0 Å². The summed E-state index contributed by atoms with van der Waals surface area (Å²) in [4.78, 5) is 9.34. The number of aliphatic hydroxyl groups is 1. The Morgan fingerprint density at radius 2 is 1.94 bits per heavy atom. The quantitative estimate of drug-likeness (QED) is 0.560. The van der Waals surface area contributed by atoms with Crippen molar-refractivity contribution in [3.05, 3.63) is 83.5 Å². The van der Waals surface area contributed by atoms with Crippen molar-refractivity contribution in [1.29, 1.82) is 0 Å². The number of nitrogens with zero attached hydrogens (tertiary/aromatic N) is 3. The van der Waals surface area contributed by atoms with E-state index >= 15 is 0 Å². The van der Waals surface area contributed by atoms with Gasteiger partial charge in [-0.25, -0.2) is 0 Å². The number of para-hydroxylation sites is 1. The van der Waals surface area contributed by atoms with Gasteiger partial charge < -0.3 is 9.84 Å². The van der Waals surface area contributed by atoms with Gasteiger partial charge >= 0.3 is 0 Å². The monoisotopic (exact) mass is 415 g/mol. The highest BCUT2D eigenvalue weighted by Gasteiger charge is 2.50. The van der Waals surface area contributed by atoms with Crippen LogP contribution in [0.15, 0.2) is 82.3 Å². The fourth-order valence-electron chi connectivity index (χ4n) is 4.65. The first kappa shape index (κ1) is 19.9. The summed E-state index contributed by atoms with van der Waals surface area (Å²) < 4.78 is 6.03. The van der Waals surface area contributed by atoms with Crippen LogP contribution in [0.1, 0.15) is 37.8 Å². The summed E-state index contributed by atoms with van der Waals surface area (Å²) in [6.07, 6.45) is 7.58. The molecule has 0 spiro atoms. The third-order valence-electron chi connectivity index (χ3n) is 6.26. The summed E-state index contributed by atoms with van der Waals surface area (Å²) in [5.74, 6) is 9.43. The first-order valence-electron chi connectivity index (χ1n) is 10.7. The number of quaternary nitrogens is 1. The summed E-state index contributed by atoms with van der Waals surface area (Å²) in [5.41, 5.74) is 3.30. The summed E-state index contributed by atoms with van der Waals surface area (Å²) in [7, 11) is 0. The predicted octanol–water partition coefficient (Wildman–Crippen LogP) is 4.42. The lowest BCUT2D eigenvalue weighted by Gasteiger charge is -2.40. The number of aryl methyl sites for hydroxylation is 1. The molecule has 0 saturated heterocycles. The molecular formula is C25H27N4O2+. The minimum Gasteiger partial charge on any atom is -0.457 e. The third kappa shape index (κ3) is 3.43. The zero-order valence-electron chi connectivity index (χ0n) is 17.8. The standard InChI is InChI=1S/C25H27N4O2/c1-3-17-13-20(31-19-7-5-4-6-8-19)9-10-21(17)24-28-23(18-14-25(2,30)15-18)22-16-27-11-12-29(22,24)26/h4-13,16,18,30H,3,14-15,26H2,1-2H3/q+1. The van der Waals surface area contributed by atoms with E-state index in [1.807, 2.05) is 55.6 Å². The zero-order valence-corrected chi connectivity index (χ0v) is 17.8. The van der Waals surface area contributed by atoms with E-state index in [1.165, 1.54) is 0 Å². The third-order valence-corrected chi connectivity index (χ3v) is 6.26. The fourth-order valence-corrected chi connectivity index (χ4v) is 4.65. The van der Waals surface area contributed by atoms with Crippen molar-refractivity contribution in [1.82, 2.24) is 0 Å². The molecule has 0 amide bonds. The van der Waals surface area contributed by atoms with Gasteiger partial charge in [-0.15, -0.1) is 4.59 Å². The predicted molar refractivity (Wildman–Crippen MR) is 121 cm³/mol. The van der Waals surface area contributed by atoms with E-state index in [9.17, 15) is 5.11 Å². The fraction of sp³-hybridized carbons (Fsp3) is 0.280. The van der Waals surface area contributed by atoms with E-state index in [1.54, 1.807) is 12.4 Å². The van der Waals surface area contributed by atoms with Crippen LogP contribution in [0.3, 0.4) is 0 Å². The van der Waals surface area contributed by atoms with Gasteiger partial charge in [0.15, 0.2) is 0 Å². The van der Waals surface area contributed by atoms with Gasteiger partial charge in [0.2, 0.25) is 5.70 Å². The topological polar surface area (TPSA) is 80.2 Å². The second-order valence-electron chi connectivity index (χ2n) is 8.75. The van der Waals surface area contributed by atoms with Crippen LogP contribution < -0.4 is 10.6 Å². The lowest BCUT2D eigenvalue weighted by molar-refractivity contribution is -0.750. The van der Waals surface area contributed by atoms with Crippen molar-refractivity contribution in [2.24, 2.45) is 21.7 Å². The SMILES string of the molecule is CCc1cc(Oc2ccccc2)ccc1C1=NC(C2CC(C)(O)C2)=C2C=NC=C[N+]12N. The smallest absolute Gasteiger partial charge is 0.265 e. The molecule has 3 N–H and O–H groups in total. The van der Waals surface area contributed by atoms with E-state index in [0.29, 0.717) is 12.8 Å². The number of rotatable bonds is 5. The van der Waals surface area contributed by atoms with Gasteiger partial charge in [-0.2, -0.15) is 10.8 Å². The van der Waals surface area contributed by atoms with Crippen LogP contribution in [0.4, 0.5) is 0 Å². The van der Waals surface area contributed by atoms with E-state index in [4.69, 9.17) is 15.6 Å². The van der Waals surface area contributed by atoms with Gasteiger partial charge in [0, 0.05) is 5.92 Å². The zero-order chi connectivity index (χ0) is 21.6. The van der Waals surface area contributed by atoms with Crippen molar-refractivity contribution in [2.45, 2.75) is 38.7 Å². The number of aliphatic imine (C=N–C) groups is 2. The van der Waals surface area contributed by atoms with Crippen LogP contribution in [0.2, 0.25) is 0 Å². The molecule has 1 unspecified atom stereocenters. The summed E-state index contributed by atoms with van der Waals surface area (Å²) in [6, 6.07) is 15.8. The molecule has 0 bridgehead atoms. The average molecular weight is 416 g/mol. The van der Waals surface area contributed by atoms with Crippen molar-refractivity contribution in [3.8, 4) is 11.5 Å². The summed E-state index contributed by atoms with van der Waals surface area (Å²) >= 11 is 0. The lowest BCUT2D eigenvalue weighted by Crippen LogP contribution is -2.53. The minimum atomic E-state index is -0.632. The van der Waals surface area contributed by atoms with Gasteiger partial charge in [0.05, 0.1) is 23.6 Å². The molecule has 2 aromatic rings. The molecule has 3 aliphatic rings. The number of amidine groups is 1. The Morgan fingerprint density at radius 3 is 2.65 bits per heavy atom. The van der Waals surface area contributed by atoms with Crippen LogP contribution in [-0.4, -0.2) is 27.3 Å². The molecule has 158 valence electrons. The molecule has 1 aliphatic carbocycles. The lowest BCUT2D eigenvalue weighted by atomic mass is 9.70. The van der Waals surface area contributed by atoms with E-state index in [-0.39, 0.29) is 10.5 Å². The van der Waals surface area contributed by atoms with Crippen LogP contribution in [-0.2, 0) is 6.42 Å². The number of allylic oxidation sites excluding steroid dienone is 2. The van der Waals surface area contributed by atoms with Crippen LogP contribution in [0.5, 0.6) is 11.5 Å². The van der Waals surface area contributed by atoms with Crippen molar-refractivity contribution in [2.75, 3.05) is 0 Å². The highest BCUT2D eigenvalue weighted by Crippen LogP contribution is 2.47. The molecule has 1 fully saturated rings. The second-order valence-corrected chi connectivity index (χ2v) is 8.75. The first-order valence-corrected chi connectivity index (χ1v) is 10.7. The second kappa shape index (κ2) is 7.27. The number of hydrogen-bond donors (Lipinski definition) is 2. The number of ether oxygens (including phenoxy) is 1. The molecular weight excluding hydrogens is 388 g/mol. The Morgan fingerprint density at radius 1 is 1.16 bits per heavy atom. The van der Waals surface area contributed by atoms with Gasteiger partial charge in [-0.3, -0.25) is 4.99 Å². The maximum absolute atomic E-state index is 10.3. The molecule has 1 atom stereocenters. The molecule has 2 heterocycles. The minimum absolute atomic E-state index is 0.00334. The van der Waals surface area contributed by atoms with Gasteiger partial charge in [0.25, 0.3) is 5.84 Å². The largest absolute Gasteiger partial charge is 0.457 e. The van der Waals surface area contributed by atoms with Crippen molar-refractivity contribution < 1.29 is 14.4 Å². The normalized spacial score (nSPS) is 28.9. The van der Waals surface area contributed by atoms with Crippen LogP contribution in [0, 0.1) is 5.92 Å². The van der Waals surface area contributed by atoms with E-state index in [0.717, 1.165) is 46.3 Å². The summed E-state index contributed by atoms with van der Waals surface area (Å²) in [6.45, 7) is 3.99. The number of hydrogen-bond acceptors (Lipinski definition) is 5. The molecule has 6 heteroatoms. The van der Waals surface area contributed by atoms with E-state index < -0.39 is 5.60 Å². The van der Waals surface area contributed by atoms with Crippen LogP contribution >= 0.6 is 0 Å². The Hall–Kier alpha value is -3.06. The maximum atomic E-state index is 10.3. The molecule has 6 nitrogen and oxygen atoms in total. The highest BCUT2D eigenvalue weighted by molar-refractivity contribution is 6.01. The molecule has 5 rings (SSSR count). The molecule has 31 heavy (non-hydrogen) atoms. The molecule has 2 aromatic carbocycles. The Labute approximate surface area is 182 Å². The summed E-state index contributed by atoms with van der Waals surface area (Å²) in [5, 5.41) is 10.3. The molecule has 0 radical (unpaired) electrons. The number of nitrogens with two attached hydrogens (primary N) is 1. The van der Waals surface area contributed by atoms with Crippen LogP contribution in [0.25, 0.3) is 0 Å². The van der Waals surface area contributed by atoms with Crippen molar-refractivity contribution in [3.63, 3.8) is 0 Å². The first-order chi connectivity index (χ1) is 14.9. The van der Waals surface area contributed by atoms with Gasteiger partial charge in [-0.05, 0) is 62.1 Å². The molecule has 1 saturated carbocycles. The van der Waals surface area contributed by atoms with Gasteiger partial charge in [-0.1, -0.05) is 25.1 Å². The highest BCUT2D eigenvalue weighted by atomic mass is 16.5. The Kier molecular flexibility index (Phi) is 4.66. The van der Waals surface area contributed by atoms with Crippen molar-refractivity contribution >= 4 is 12.1 Å².